The van der Waals surface area contributed by atoms with Crippen LogP contribution in [0.25, 0.3) is 0 Å². The van der Waals surface area contributed by atoms with Crippen LogP contribution in [-0.4, -0.2) is 10.2 Å². The van der Waals surface area contributed by atoms with E-state index in [4.69, 9.17) is 23.2 Å². The largest absolute Gasteiger partial charge is 0.375 e. The Morgan fingerprint density at radius 2 is 2.20 bits per heavy atom. The molecule has 0 aromatic carbocycles. The van der Waals surface area contributed by atoms with Gasteiger partial charge in [-0.2, -0.15) is 0 Å². The van der Waals surface area contributed by atoms with E-state index >= 15 is 0 Å². The van der Waals surface area contributed by atoms with E-state index in [-0.39, 0.29) is 6.04 Å². The summed E-state index contributed by atoms with van der Waals surface area (Å²) < 4.78 is 1.40. The molecule has 2 aromatic rings. The molecular formula is C14H14Cl2N2S2. The van der Waals surface area contributed by atoms with Crippen molar-refractivity contribution in [2.75, 3.05) is 5.32 Å². The molecule has 1 aliphatic heterocycles. The Kier molecular flexibility index (Phi) is 4.18. The summed E-state index contributed by atoms with van der Waals surface area (Å²) in [6.07, 6.45) is 1.08. The number of anilines is 1. The summed E-state index contributed by atoms with van der Waals surface area (Å²) >= 11 is 15.9. The number of hydrogen-bond acceptors (Lipinski definition) is 4. The second-order valence-electron chi connectivity index (χ2n) is 4.95. The Morgan fingerprint density at radius 1 is 1.40 bits per heavy atom. The maximum atomic E-state index is 6.23. The van der Waals surface area contributed by atoms with E-state index in [1.807, 2.05) is 36.1 Å². The van der Waals surface area contributed by atoms with Crippen molar-refractivity contribution < 1.29 is 0 Å². The summed E-state index contributed by atoms with van der Waals surface area (Å²) in [4.78, 5) is 4.13. The first kappa shape index (κ1) is 14.5. The van der Waals surface area contributed by atoms with Gasteiger partial charge < -0.3 is 5.32 Å². The zero-order chi connectivity index (χ0) is 14.3. The summed E-state index contributed by atoms with van der Waals surface area (Å²) in [6, 6.07) is 4.32. The summed E-state index contributed by atoms with van der Waals surface area (Å²) in [7, 11) is 0. The van der Waals surface area contributed by atoms with Crippen LogP contribution in [0.2, 0.25) is 10.3 Å². The Bertz CT molecular complexity index is 619. The van der Waals surface area contributed by atoms with E-state index in [1.165, 1.54) is 9.77 Å². The number of aryl methyl sites for hydroxylation is 1. The van der Waals surface area contributed by atoms with Gasteiger partial charge in [-0.3, -0.25) is 0 Å². The molecule has 2 nitrogen and oxygen atoms in total. The van der Waals surface area contributed by atoms with Crippen LogP contribution in [0, 0.1) is 6.92 Å². The number of pyridine rings is 1. The lowest BCUT2D eigenvalue weighted by Gasteiger charge is -2.29. The topological polar surface area (TPSA) is 24.9 Å². The summed E-state index contributed by atoms with van der Waals surface area (Å²) in [5.74, 6) is 0. The van der Waals surface area contributed by atoms with Gasteiger partial charge in [0.05, 0.1) is 15.9 Å². The highest BCUT2D eigenvalue weighted by Gasteiger charge is 2.27. The Morgan fingerprint density at radius 3 is 2.95 bits per heavy atom. The highest BCUT2D eigenvalue weighted by Crippen LogP contribution is 2.45. The minimum absolute atomic E-state index is 0.284. The molecule has 20 heavy (non-hydrogen) atoms. The van der Waals surface area contributed by atoms with Crippen LogP contribution < -0.4 is 5.32 Å². The maximum Gasteiger partial charge on any atom is 0.154 e. The molecule has 0 amide bonds. The summed E-state index contributed by atoms with van der Waals surface area (Å²) in [5, 5.41) is 7.18. The lowest BCUT2D eigenvalue weighted by Crippen LogP contribution is -2.19. The zero-order valence-electron chi connectivity index (χ0n) is 11.1. The Balaban J connectivity index is 1.93. The van der Waals surface area contributed by atoms with Crippen LogP contribution in [0.3, 0.4) is 0 Å². The normalized spacial score (nSPS) is 21.6. The van der Waals surface area contributed by atoms with Crippen LogP contribution in [0.4, 0.5) is 5.69 Å². The second kappa shape index (κ2) is 5.76. The zero-order valence-corrected chi connectivity index (χ0v) is 14.3. The molecule has 0 aliphatic carbocycles. The summed E-state index contributed by atoms with van der Waals surface area (Å²) in [5.41, 5.74) is 3.28. The lowest BCUT2D eigenvalue weighted by molar-refractivity contribution is 0.669. The number of thioether (sulfide) groups is 1. The number of nitrogens with zero attached hydrogens (tertiary/aromatic N) is 1. The minimum atomic E-state index is 0.284. The molecule has 0 fully saturated rings. The second-order valence-corrected chi connectivity index (χ2v) is 8.32. The predicted octanol–water partition coefficient (Wildman–Crippen LogP) is 5.80. The van der Waals surface area contributed by atoms with Crippen molar-refractivity contribution in [3.05, 3.63) is 38.9 Å². The molecule has 3 rings (SSSR count). The van der Waals surface area contributed by atoms with E-state index in [1.54, 1.807) is 0 Å². The number of halogens is 2. The molecule has 0 spiro atoms. The van der Waals surface area contributed by atoms with Crippen LogP contribution in [0.1, 0.15) is 30.5 Å². The third kappa shape index (κ3) is 2.80. The molecule has 1 N–H and O–H groups in total. The number of fused-ring (bicyclic) bond motifs is 1. The number of nitrogens with one attached hydrogen (secondary N) is 1. The van der Waals surface area contributed by atoms with Crippen molar-refractivity contribution in [1.29, 1.82) is 0 Å². The number of aromatic nitrogens is 1. The third-order valence-corrected chi connectivity index (χ3v) is 6.18. The molecule has 3 heterocycles. The predicted molar refractivity (Wildman–Crippen MR) is 89.6 cm³/mol. The van der Waals surface area contributed by atoms with E-state index in [0.717, 1.165) is 17.7 Å². The van der Waals surface area contributed by atoms with Crippen LogP contribution >= 0.6 is 46.3 Å². The van der Waals surface area contributed by atoms with Gasteiger partial charge >= 0.3 is 0 Å². The van der Waals surface area contributed by atoms with Gasteiger partial charge in [0, 0.05) is 5.25 Å². The van der Waals surface area contributed by atoms with Crippen molar-refractivity contribution in [2.45, 2.75) is 35.8 Å². The Labute approximate surface area is 136 Å². The number of thiophene rings is 1. The molecule has 0 saturated carbocycles. The SMILES string of the molecule is Cc1cc(Cl)nc(Cl)c1NC1C[C@H](C)Sc2sccc21. The smallest absolute Gasteiger partial charge is 0.154 e. The number of rotatable bonds is 2. The van der Waals surface area contributed by atoms with Gasteiger partial charge in [0.1, 0.15) is 5.15 Å². The molecular weight excluding hydrogens is 331 g/mol. The Hall–Kier alpha value is -0.420. The van der Waals surface area contributed by atoms with Gasteiger partial charge in [-0.15, -0.1) is 23.1 Å². The van der Waals surface area contributed by atoms with Crippen LogP contribution in [-0.2, 0) is 0 Å². The average Bonchev–Trinajstić information content (AvgIpc) is 2.81. The van der Waals surface area contributed by atoms with Crippen molar-refractivity contribution in [3.63, 3.8) is 0 Å². The van der Waals surface area contributed by atoms with Crippen molar-refractivity contribution in [2.24, 2.45) is 0 Å². The molecule has 2 aromatic heterocycles. The quantitative estimate of drug-likeness (QED) is 0.697. The van der Waals surface area contributed by atoms with E-state index in [2.05, 4.69) is 28.7 Å². The summed E-state index contributed by atoms with van der Waals surface area (Å²) in [6.45, 7) is 4.26. The molecule has 2 atom stereocenters. The molecule has 6 heteroatoms. The van der Waals surface area contributed by atoms with E-state index in [0.29, 0.717) is 15.6 Å². The molecule has 1 unspecified atom stereocenters. The van der Waals surface area contributed by atoms with Gasteiger partial charge in [0.25, 0.3) is 0 Å². The van der Waals surface area contributed by atoms with Crippen molar-refractivity contribution >= 4 is 52.0 Å². The van der Waals surface area contributed by atoms with Gasteiger partial charge in [-0.05, 0) is 42.0 Å². The van der Waals surface area contributed by atoms with E-state index in [9.17, 15) is 0 Å². The first-order valence-electron chi connectivity index (χ1n) is 6.38. The first-order valence-corrected chi connectivity index (χ1v) is 8.89. The lowest BCUT2D eigenvalue weighted by atomic mass is 10.0. The van der Waals surface area contributed by atoms with Crippen LogP contribution in [0.15, 0.2) is 21.7 Å². The van der Waals surface area contributed by atoms with Crippen molar-refractivity contribution in [1.82, 2.24) is 4.98 Å². The van der Waals surface area contributed by atoms with Crippen molar-refractivity contribution in [3.8, 4) is 0 Å². The molecule has 0 bridgehead atoms. The van der Waals surface area contributed by atoms with Gasteiger partial charge in [-0.25, -0.2) is 4.98 Å². The van der Waals surface area contributed by atoms with E-state index < -0.39 is 0 Å². The minimum Gasteiger partial charge on any atom is -0.375 e. The van der Waals surface area contributed by atoms with Gasteiger partial charge in [0.2, 0.25) is 0 Å². The molecule has 1 aliphatic rings. The standard InChI is InChI=1S/C14H14Cl2N2S2/c1-7-5-11(15)18-13(16)12(7)17-10-6-8(2)20-14-9(10)3-4-19-14/h3-5,8,10,17H,6H2,1-2H3/t8-,10?/m0/s1. The average molecular weight is 345 g/mol. The monoisotopic (exact) mass is 344 g/mol. The molecule has 0 radical (unpaired) electrons. The fraction of sp³-hybridized carbons (Fsp3) is 0.357. The number of hydrogen-bond donors (Lipinski definition) is 1. The van der Waals surface area contributed by atoms with Crippen LogP contribution in [0.5, 0.6) is 0 Å². The highest BCUT2D eigenvalue weighted by molar-refractivity contribution is 8.01. The first-order chi connectivity index (χ1) is 9.54. The van der Waals surface area contributed by atoms with Gasteiger partial charge in [0.15, 0.2) is 5.15 Å². The molecule has 0 saturated heterocycles. The van der Waals surface area contributed by atoms with Gasteiger partial charge in [-0.1, -0.05) is 30.1 Å². The maximum absolute atomic E-state index is 6.23. The molecule has 106 valence electrons. The highest BCUT2D eigenvalue weighted by atomic mass is 35.5. The third-order valence-electron chi connectivity index (χ3n) is 3.37. The fourth-order valence-corrected chi connectivity index (χ4v) is 5.58. The fourth-order valence-electron chi connectivity index (χ4n) is 2.43.